The van der Waals surface area contributed by atoms with Gasteiger partial charge in [0.1, 0.15) is 5.82 Å². The standard InChI is InChI=1S/C14H12BrClFNO/c15-10-3-1-2-9(4-10)14(19)8-18-13-6-11(16)5-12(17)7-13/h1-7,14,18-19H,8H2. The van der Waals surface area contributed by atoms with Gasteiger partial charge in [0.05, 0.1) is 6.10 Å². The van der Waals surface area contributed by atoms with Gasteiger partial charge in [-0.25, -0.2) is 4.39 Å². The molecule has 19 heavy (non-hydrogen) atoms. The zero-order chi connectivity index (χ0) is 13.8. The second-order valence-corrected chi connectivity index (χ2v) is 5.46. The molecular weight excluding hydrogens is 333 g/mol. The molecule has 2 aromatic rings. The summed E-state index contributed by atoms with van der Waals surface area (Å²) >= 11 is 9.10. The van der Waals surface area contributed by atoms with Crippen LogP contribution in [0, 0.1) is 5.82 Å². The molecule has 0 spiro atoms. The summed E-state index contributed by atoms with van der Waals surface area (Å²) in [5.41, 5.74) is 1.32. The third-order valence-electron chi connectivity index (χ3n) is 2.60. The minimum absolute atomic E-state index is 0.274. The Morgan fingerprint density at radius 2 is 2.05 bits per heavy atom. The number of aliphatic hydroxyl groups is 1. The van der Waals surface area contributed by atoms with Gasteiger partial charge in [0, 0.05) is 21.7 Å². The predicted molar refractivity (Wildman–Crippen MR) is 79.0 cm³/mol. The maximum atomic E-state index is 13.1. The van der Waals surface area contributed by atoms with Crippen molar-refractivity contribution >= 4 is 33.2 Å². The summed E-state index contributed by atoms with van der Waals surface area (Å²) in [6, 6.07) is 11.6. The largest absolute Gasteiger partial charge is 0.387 e. The molecule has 0 heterocycles. The Morgan fingerprint density at radius 1 is 1.26 bits per heavy atom. The van der Waals surface area contributed by atoms with E-state index in [-0.39, 0.29) is 6.54 Å². The van der Waals surface area contributed by atoms with Gasteiger partial charge in [0.15, 0.2) is 0 Å². The lowest BCUT2D eigenvalue weighted by Crippen LogP contribution is -2.12. The number of rotatable bonds is 4. The van der Waals surface area contributed by atoms with Gasteiger partial charge in [0.2, 0.25) is 0 Å². The number of benzene rings is 2. The molecule has 0 amide bonds. The van der Waals surface area contributed by atoms with Crippen molar-refractivity contribution in [2.45, 2.75) is 6.10 Å². The minimum atomic E-state index is -0.681. The van der Waals surface area contributed by atoms with Crippen molar-refractivity contribution in [1.29, 1.82) is 0 Å². The van der Waals surface area contributed by atoms with Gasteiger partial charge in [-0.3, -0.25) is 0 Å². The normalized spacial score (nSPS) is 12.2. The van der Waals surface area contributed by atoms with Gasteiger partial charge in [-0.15, -0.1) is 0 Å². The van der Waals surface area contributed by atoms with E-state index < -0.39 is 11.9 Å². The topological polar surface area (TPSA) is 32.3 Å². The Hall–Kier alpha value is -1.10. The highest BCUT2D eigenvalue weighted by atomic mass is 79.9. The lowest BCUT2D eigenvalue weighted by molar-refractivity contribution is 0.191. The molecular formula is C14H12BrClFNO. The van der Waals surface area contributed by atoms with E-state index in [1.165, 1.54) is 12.1 Å². The minimum Gasteiger partial charge on any atom is -0.387 e. The number of halogens is 3. The van der Waals surface area contributed by atoms with E-state index in [4.69, 9.17) is 11.6 Å². The van der Waals surface area contributed by atoms with Crippen molar-refractivity contribution < 1.29 is 9.50 Å². The average molecular weight is 345 g/mol. The van der Waals surface area contributed by atoms with Crippen LogP contribution in [0.25, 0.3) is 0 Å². The quantitative estimate of drug-likeness (QED) is 0.862. The summed E-state index contributed by atoms with van der Waals surface area (Å²) in [6.45, 7) is 0.274. The molecule has 0 aliphatic carbocycles. The van der Waals surface area contributed by atoms with Crippen LogP contribution >= 0.6 is 27.5 Å². The van der Waals surface area contributed by atoms with Gasteiger partial charge in [-0.1, -0.05) is 39.7 Å². The first-order valence-electron chi connectivity index (χ1n) is 5.68. The van der Waals surface area contributed by atoms with Gasteiger partial charge < -0.3 is 10.4 Å². The smallest absolute Gasteiger partial charge is 0.126 e. The van der Waals surface area contributed by atoms with E-state index in [0.29, 0.717) is 10.7 Å². The second kappa shape index (κ2) is 6.37. The first kappa shape index (κ1) is 14.3. The Balaban J connectivity index is 2.02. The van der Waals surface area contributed by atoms with Crippen LogP contribution in [0.2, 0.25) is 5.02 Å². The number of aliphatic hydroxyl groups excluding tert-OH is 1. The number of hydrogen-bond donors (Lipinski definition) is 2. The lowest BCUT2D eigenvalue weighted by Gasteiger charge is -2.13. The highest BCUT2D eigenvalue weighted by molar-refractivity contribution is 9.10. The molecule has 1 unspecified atom stereocenters. The maximum absolute atomic E-state index is 13.1. The van der Waals surface area contributed by atoms with Crippen molar-refractivity contribution in [3.05, 3.63) is 63.3 Å². The van der Waals surface area contributed by atoms with Gasteiger partial charge in [-0.2, -0.15) is 0 Å². The van der Waals surface area contributed by atoms with Crippen LogP contribution < -0.4 is 5.32 Å². The lowest BCUT2D eigenvalue weighted by atomic mass is 10.1. The predicted octanol–water partition coefficient (Wildman–Crippen LogP) is 4.39. The Morgan fingerprint density at radius 3 is 2.74 bits per heavy atom. The van der Waals surface area contributed by atoms with Gasteiger partial charge in [-0.05, 0) is 35.9 Å². The van der Waals surface area contributed by atoms with E-state index in [0.717, 1.165) is 10.0 Å². The van der Waals surface area contributed by atoms with Crippen LogP contribution in [0.1, 0.15) is 11.7 Å². The van der Waals surface area contributed by atoms with Crippen LogP contribution in [0.4, 0.5) is 10.1 Å². The molecule has 5 heteroatoms. The molecule has 0 saturated carbocycles. The maximum Gasteiger partial charge on any atom is 0.126 e. The monoisotopic (exact) mass is 343 g/mol. The molecule has 100 valence electrons. The number of nitrogens with one attached hydrogen (secondary N) is 1. The summed E-state index contributed by atoms with van der Waals surface area (Å²) in [7, 11) is 0. The fraction of sp³-hybridized carbons (Fsp3) is 0.143. The number of hydrogen-bond acceptors (Lipinski definition) is 2. The van der Waals surface area contributed by atoms with Crippen molar-refractivity contribution in [3.63, 3.8) is 0 Å². The van der Waals surface area contributed by atoms with E-state index >= 15 is 0 Å². The van der Waals surface area contributed by atoms with Crippen molar-refractivity contribution in [1.82, 2.24) is 0 Å². The molecule has 0 aliphatic rings. The molecule has 0 radical (unpaired) electrons. The van der Waals surface area contributed by atoms with E-state index in [9.17, 15) is 9.50 Å². The molecule has 1 atom stereocenters. The molecule has 0 bridgehead atoms. The summed E-state index contributed by atoms with van der Waals surface area (Å²) < 4.78 is 14.0. The zero-order valence-electron chi connectivity index (χ0n) is 9.91. The summed E-state index contributed by atoms with van der Waals surface area (Å²) in [6.07, 6.45) is -0.681. The van der Waals surface area contributed by atoms with Crippen LogP contribution in [0.3, 0.4) is 0 Å². The molecule has 2 rings (SSSR count). The molecule has 0 aliphatic heterocycles. The molecule has 2 N–H and O–H groups in total. The van der Waals surface area contributed by atoms with Crippen LogP contribution in [0.5, 0.6) is 0 Å². The fourth-order valence-corrected chi connectivity index (χ4v) is 2.34. The van der Waals surface area contributed by atoms with Crippen molar-refractivity contribution in [3.8, 4) is 0 Å². The molecule has 0 fully saturated rings. The van der Waals surface area contributed by atoms with Crippen LogP contribution in [0.15, 0.2) is 46.9 Å². The second-order valence-electron chi connectivity index (χ2n) is 4.11. The molecule has 2 nitrogen and oxygen atoms in total. The average Bonchev–Trinajstić information content (AvgIpc) is 2.35. The van der Waals surface area contributed by atoms with E-state index in [1.54, 1.807) is 6.07 Å². The highest BCUT2D eigenvalue weighted by Crippen LogP contribution is 2.21. The van der Waals surface area contributed by atoms with Gasteiger partial charge >= 0.3 is 0 Å². The number of anilines is 1. The Bertz CT molecular complexity index is 559. The SMILES string of the molecule is OC(CNc1cc(F)cc(Cl)c1)c1cccc(Br)c1. The Kier molecular flexibility index (Phi) is 4.80. The first-order chi connectivity index (χ1) is 9.04. The van der Waals surface area contributed by atoms with Crippen molar-refractivity contribution in [2.75, 3.05) is 11.9 Å². The summed E-state index contributed by atoms with van der Waals surface area (Å²) in [5.74, 6) is -0.410. The van der Waals surface area contributed by atoms with Gasteiger partial charge in [0.25, 0.3) is 0 Å². The Labute approximate surface area is 124 Å². The van der Waals surface area contributed by atoms with Crippen molar-refractivity contribution in [2.24, 2.45) is 0 Å². The van der Waals surface area contributed by atoms with Crippen LogP contribution in [-0.4, -0.2) is 11.7 Å². The first-order valence-corrected chi connectivity index (χ1v) is 6.85. The van der Waals surface area contributed by atoms with E-state index in [2.05, 4.69) is 21.2 Å². The third kappa shape index (κ3) is 4.20. The summed E-state index contributed by atoms with van der Waals surface area (Å²) in [5, 5.41) is 13.3. The zero-order valence-corrected chi connectivity index (χ0v) is 12.2. The fourth-order valence-electron chi connectivity index (χ4n) is 1.70. The highest BCUT2D eigenvalue weighted by Gasteiger charge is 2.08. The van der Waals surface area contributed by atoms with Crippen LogP contribution in [-0.2, 0) is 0 Å². The molecule has 2 aromatic carbocycles. The molecule has 0 saturated heterocycles. The van der Waals surface area contributed by atoms with E-state index in [1.807, 2.05) is 24.3 Å². The molecule has 0 aromatic heterocycles. The summed E-state index contributed by atoms with van der Waals surface area (Å²) in [4.78, 5) is 0. The third-order valence-corrected chi connectivity index (χ3v) is 3.31.